The van der Waals surface area contributed by atoms with Crippen molar-refractivity contribution in [3.63, 3.8) is 0 Å². The highest BCUT2D eigenvalue weighted by Crippen LogP contribution is 2.30. The summed E-state index contributed by atoms with van der Waals surface area (Å²) >= 11 is 5.13. The van der Waals surface area contributed by atoms with Gasteiger partial charge in [0, 0.05) is 20.8 Å². The van der Waals surface area contributed by atoms with Crippen molar-refractivity contribution in [1.82, 2.24) is 0 Å². The van der Waals surface area contributed by atoms with Crippen LogP contribution in [0.15, 0.2) is 46.3 Å². The first-order chi connectivity index (χ1) is 8.66. The summed E-state index contributed by atoms with van der Waals surface area (Å²) in [7, 11) is 0. The van der Waals surface area contributed by atoms with Gasteiger partial charge in [-0.25, -0.2) is 0 Å². The van der Waals surface area contributed by atoms with Gasteiger partial charge in [-0.1, -0.05) is 30.3 Å². The molecule has 2 rings (SSSR count). The zero-order valence-electron chi connectivity index (χ0n) is 10.2. The van der Waals surface area contributed by atoms with E-state index >= 15 is 0 Å². The van der Waals surface area contributed by atoms with Crippen LogP contribution in [-0.4, -0.2) is 6.04 Å². The van der Waals surface area contributed by atoms with Gasteiger partial charge in [0.15, 0.2) is 0 Å². The summed E-state index contributed by atoms with van der Waals surface area (Å²) in [4.78, 5) is 1.16. The second-order valence-corrected chi connectivity index (χ2v) is 6.10. The molecule has 0 saturated carbocycles. The lowest BCUT2D eigenvalue weighted by Crippen LogP contribution is -2.26. The Morgan fingerprint density at radius 3 is 2.61 bits per heavy atom. The molecule has 0 aliphatic heterocycles. The maximum Gasteiger partial charge on any atom is 0.107 e. The highest BCUT2D eigenvalue weighted by atomic mass is 79.9. The molecule has 2 atom stereocenters. The number of hydrogen-bond donors (Lipinski definition) is 1. The van der Waals surface area contributed by atoms with Crippen LogP contribution in [0.25, 0.3) is 0 Å². The molecule has 2 aromatic rings. The number of hydrogen-bond acceptors (Lipinski definition) is 3. The highest BCUT2D eigenvalue weighted by molar-refractivity contribution is 9.10. The van der Waals surface area contributed by atoms with E-state index in [1.807, 2.05) is 25.1 Å². The molecule has 0 aliphatic rings. The van der Waals surface area contributed by atoms with Crippen molar-refractivity contribution in [1.29, 1.82) is 0 Å². The van der Waals surface area contributed by atoms with Crippen molar-refractivity contribution in [2.75, 3.05) is 0 Å². The van der Waals surface area contributed by atoms with Gasteiger partial charge in [0.1, 0.15) is 6.10 Å². The van der Waals surface area contributed by atoms with Crippen LogP contribution >= 0.6 is 27.3 Å². The summed E-state index contributed by atoms with van der Waals surface area (Å²) in [5.74, 6) is 0. The van der Waals surface area contributed by atoms with Gasteiger partial charge in [-0.05, 0) is 34.5 Å². The zero-order chi connectivity index (χ0) is 13.0. The van der Waals surface area contributed by atoms with Crippen molar-refractivity contribution in [2.24, 2.45) is 5.73 Å². The van der Waals surface area contributed by atoms with E-state index in [1.54, 1.807) is 11.3 Å². The third kappa shape index (κ3) is 3.65. The lowest BCUT2D eigenvalue weighted by atomic mass is 10.1. The van der Waals surface area contributed by atoms with Crippen LogP contribution in [0.2, 0.25) is 0 Å². The monoisotopic (exact) mass is 325 g/mol. The molecule has 0 aliphatic carbocycles. The van der Waals surface area contributed by atoms with E-state index in [4.69, 9.17) is 10.5 Å². The van der Waals surface area contributed by atoms with Gasteiger partial charge in [-0.3, -0.25) is 0 Å². The summed E-state index contributed by atoms with van der Waals surface area (Å²) in [6.45, 7) is 2.56. The molecule has 0 fully saturated rings. The Labute approximate surface area is 120 Å². The smallest absolute Gasteiger partial charge is 0.107 e. The van der Waals surface area contributed by atoms with Crippen molar-refractivity contribution in [3.8, 4) is 0 Å². The highest BCUT2D eigenvalue weighted by Gasteiger charge is 2.18. The second-order valence-electron chi connectivity index (χ2n) is 4.24. The van der Waals surface area contributed by atoms with Gasteiger partial charge in [-0.2, -0.15) is 0 Å². The number of ether oxygens (including phenoxy) is 1. The molecule has 2 N–H and O–H groups in total. The maximum atomic E-state index is 6.01. The molecule has 18 heavy (non-hydrogen) atoms. The van der Waals surface area contributed by atoms with E-state index in [9.17, 15) is 0 Å². The summed E-state index contributed by atoms with van der Waals surface area (Å²) in [6.07, 6.45) is -0.0542. The molecule has 0 amide bonds. The second kappa shape index (κ2) is 6.48. The Balaban J connectivity index is 2.04. The van der Waals surface area contributed by atoms with Crippen LogP contribution in [-0.2, 0) is 11.3 Å². The maximum absolute atomic E-state index is 6.01. The molecule has 2 unspecified atom stereocenters. The van der Waals surface area contributed by atoms with E-state index in [-0.39, 0.29) is 12.1 Å². The van der Waals surface area contributed by atoms with Crippen LogP contribution in [0, 0.1) is 0 Å². The summed E-state index contributed by atoms with van der Waals surface area (Å²) in [5.41, 5.74) is 7.17. The van der Waals surface area contributed by atoms with Crippen molar-refractivity contribution >= 4 is 27.3 Å². The van der Waals surface area contributed by atoms with Crippen LogP contribution in [0.5, 0.6) is 0 Å². The van der Waals surface area contributed by atoms with E-state index in [2.05, 4.69) is 39.5 Å². The number of thiophene rings is 1. The lowest BCUT2D eigenvalue weighted by molar-refractivity contribution is 0.0282. The zero-order valence-corrected chi connectivity index (χ0v) is 12.6. The molecule has 1 aromatic carbocycles. The van der Waals surface area contributed by atoms with Gasteiger partial charge in [0.2, 0.25) is 0 Å². The molecule has 0 radical (unpaired) electrons. The van der Waals surface area contributed by atoms with Gasteiger partial charge in [0.25, 0.3) is 0 Å². The largest absolute Gasteiger partial charge is 0.366 e. The fourth-order valence-corrected chi connectivity index (χ4v) is 3.34. The Morgan fingerprint density at radius 1 is 1.33 bits per heavy atom. The summed E-state index contributed by atoms with van der Waals surface area (Å²) in [6, 6.07) is 12.2. The van der Waals surface area contributed by atoms with Crippen LogP contribution in [0.4, 0.5) is 0 Å². The third-order valence-corrected chi connectivity index (χ3v) is 4.37. The van der Waals surface area contributed by atoms with Crippen LogP contribution in [0.1, 0.15) is 23.5 Å². The van der Waals surface area contributed by atoms with Crippen molar-refractivity contribution in [2.45, 2.75) is 25.7 Å². The molecule has 2 nitrogen and oxygen atoms in total. The Hall–Kier alpha value is -0.680. The summed E-state index contributed by atoms with van der Waals surface area (Å²) < 4.78 is 7.03. The van der Waals surface area contributed by atoms with Gasteiger partial charge < -0.3 is 10.5 Å². The summed E-state index contributed by atoms with van der Waals surface area (Å²) in [5, 5.41) is 2.05. The molecule has 0 spiro atoms. The molecular weight excluding hydrogens is 310 g/mol. The Kier molecular flexibility index (Phi) is 4.95. The minimum atomic E-state index is -0.0542. The van der Waals surface area contributed by atoms with E-state index in [0.717, 1.165) is 9.35 Å². The number of rotatable bonds is 5. The predicted octanol–water partition coefficient (Wildman–Crippen LogP) is 4.12. The predicted molar refractivity (Wildman–Crippen MR) is 79.6 cm³/mol. The number of halogens is 1. The molecule has 4 heteroatoms. The van der Waals surface area contributed by atoms with Gasteiger partial charge >= 0.3 is 0 Å². The first-order valence-electron chi connectivity index (χ1n) is 5.82. The minimum Gasteiger partial charge on any atom is -0.366 e. The SMILES string of the molecule is CC(N)C(OCc1ccccc1)c1cc(Br)cs1. The molecular formula is C14H16BrNOS. The van der Waals surface area contributed by atoms with Crippen LogP contribution in [0.3, 0.4) is 0 Å². The fraction of sp³-hybridized carbons (Fsp3) is 0.286. The normalized spacial score (nSPS) is 14.4. The molecule has 1 aromatic heterocycles. The van der Waals surface area contributed by atoms with E-state index in [1.165, 1.54) is 5.56 Å². The topological polar surface area (TPSA) is 35.2 Å². The van der Waals surface area contributed by atoms with Crippen molar-refractivity contribution < 1.29 is 4.74 Å². The quantitative estimate of drug-likeness (QED) is 0.897. The minimum absolute atomic E-state index is 0.0285. The average Bonchev–Trinajstić information content (AvgIpc) is 2.77. The lowest BCUT2D eigenvalue weighted by Gasteiger charge is -2.20. The van der Waals surface area contributed by atoms with E-state index in [0.29, 0.717) is 6.61 Å². The third-order valence-electron chi connectivity index (χ3n) is 2.62. The average molecular weight is 326 g/mol. The molecule has 1 heterocycles. The Morgan fingerprint density at radius 2 is 2.06 bits per heavy atom. The first kappa shape index (κ1) is 13.7. The Bertz CT molecular complexity index is 484. The standard InChI is InChI=1S/C14H16BrNOS/c1-10(16)14(13-7-12(15)9-18-13)17-8-11-5-3-2-4-6-11/h2-7,9-10,14H,8,16H2,1H3. The first-order valence-corrected chi connectivity index (χ1v) is 7.49. The van der Waals surface area contributed by atoms with Gasteiger partial charge in [0.05, 0.1) is 6.61 Å². The van der Waals surface area contributed by atoms with Crippen molar-refractivity contribution in [3.05, 3.63) is 56.7 Å². The molecule has 0 saturated heterocycles. The van der Waals surface area contributed by atoms with Gasteiger partial charge in [-0.15, -0.1) is 11.3 Å². The van der Waals surface area contributed by atoms with Crippen LogP contribution < -0.4 is 5.73 Å². The fourth-order valence-electron chi connectivity index (χ4n) is 1.73. The molecule has 96 valence electrons. The number of benzene rings is 1. The molecule has 0 bridgehead atoms. The number of nitrogens with two attached hydrogens (primary N) is 1. The van der Waals surface area contributed by atoms with E-state index < -0.39 is 0 Å².